The molecule has 0 amide bonds. The van der Waals surface area contributed by atoms with Crippen molar-refractivity contribution in [2.24, 2.45) is 0 Å². The molecule has 12 bridgehead atoms. The predicted octanol–water partition coefficient (Wildman–Crippen LogP) is 21.0. The van der Waals surface area contributed by atoms with Crippen LogP contribution in [0.1, 0.15) is 51.1 Å². The molecule has 0 radical (unpaired) electrons. The third-order valence-corrected chi connectivity index (χ3v) is 16.1. The molecule has 0 aliphatic carbocycles. The Kier molecular flexibility index (Phi) is 16.5. The molecule has 0 saturated carbocycles. The Bertz CT molecular complexity index is 5100. The van der Waals surface area contributed by atoms with Gasteiger partial charge in [0.1, 0.15) is 0 Å². The lowest BCUT2D eigenvalue weighted by atomic mass is 9.97. The van der Waals surface area contributed by atoms with Gasteiger partial charge in [0, 0.05) is 61.0 Å². The zero-order valence-corrected chi connectivity index (χ0v) is 48.7. The lowest BCUT2D eigenvalue weighted by molar-refractivity contribution is 0.381. The summed E-state index contributed by atoms with van der Waals surface area (Å²) < 4.78 is 457. The Hall–Kier alpha value is -11.8. The monoisotopic (exact) mass is 1460 g/mol. The molecule has 35 heteroatoms. The fourth-order valence-corrected chi connectivity index (χ4v) is 11.5. The van der Waals surface area contributed by atoms with Crippen molar-refractivity contribution in [1.29, 1.82) is 0 Å². The standard InChI is InChI=1S/C67H17F29N6/c1-14-27(40(69)52(81)51(80)39(14)68)28-15-2-4-17(97-15)29(34-41(70)53(82)63(92)54(83)42(34)71)19-6-8-21(99-19)31(36-45(74)57(86)65(94)58(87)46(36)75)23-10-12-25(101-23)33(38-49(78)61(90)67(96)62(91)50(38)79)26-13-11-24(102-26)32(37-47(76)59(88)66(95)60(89)48(37)77)22-9-7-20(100-22)30(18-5-3-16(28)98-18)35-43(72)55(84)64(93)56(85)44(35)73/h2-13,97,102H,1H3. The van der Waals surface area contributed by atoms with Crippen molar-refractivity contribution in [1.82, 2.24) is 29.9 Å². The van der Waals surface area contributed by atoms with Gasteiger partial charge in [0.2, 0.25) is 29.1 Å². The predicted molar refractivity (Wildman–Crippen MR) is 304 cm³/mol. The van der Waals surface area contributed by atoms with Gasteiger partial charge in [-0.15, -0.1) is 0 Å². The lowest BCUT2D eigenvalue weighted by Crippen LogP contribution is -2.06. The highest BCUT2D eigenvalue weighted by molar-refractivity contribution is 6.01. The van der Waals surface area contributed by atoms with Gasteiger partial charge < -0.3 is 9.97 Å². The van der Waals surface area contributed by atoms with E-state index >= 15 is 105 Å². The molecule has 0 spiro atoms. The molecule has 3 aromatic heterocycles. The van der Waals surface area contributed by atoms with Gasteiger partial charge in [-0.3, -0.25) is 0 Å². The van der Waals surface area contributed by atoms with Gasteiger partial charge in [0.25, 0.3) is 0 Å². The van der Waals surface area contributed by atoms with Crippen LogP contribution in [0.2, 0.25) is 0 Å². The minimum absolute atomic E-state index is 0.378. The Balaban J connectivity index is 1.34. The third kappa shape index (κ3) is 10.1. The molecule has 0 unspecified atom stereocenters. The summed E-state index contributed by atoms with van der Waals surface area (Å²) in [5.41, 5.74) is -37.6. The van der Waals surface area contributed by atoms with Crippen molar-refractivity contribution in [3.8, 4) is 66.8 Å². The highest BCUT2D eigenvalue weighted by Crippen LogP contribution is 2.47. The summed E-state index contributed by atoms with van der Waals surface area (Å²) in [5, 5.41) is 0. The van der Waals surface area contributed by atoms with Crippen molar-refractivity contribution >= 4 is 70.7 Å². The van der Waals surface area contributed by atoms with E-state index in [0.717, 1.165) is 0 Å². The summed E-state index contributed by atoms with van der Waals surface area (Å²) in [7, 11) is 0. The van der Waals surface area contributed by atoms with Crippen LogP contribution in [0.3, 0.4) is 0 Å². The van der Waals surface area contributed by atoms with Crippen molar-refractivity contribution in [3.63, 3.8) is 0 Å². The largest absolute Gasteiger partial charge is 0.354 e. The SMILES string of the molecule is Cc1c(F)c(F)c(F)c(F)c1-c1c2nc(c(-c3c(F)c(F)c(F)c(F)c3F)c3nc(c(-c4c(F)c(F)c(F)c(F)c4F)c4ccc([nH]4)c(-c4c(F)c(F)c(F)c(F)c4F)c4nc(c(-c5c(F)c(F)c(F)c(F)c5F)c5nc(c(-c6c(F)c(F)c(F)c(F)c6F)c6ccc1[nH]6)C=C5)C=C4)C=C3)C=C2. The molecule has 9 aromatic rings. The fraction of sp³-hybridized carbons (Fsp3) is 0.0149. The second-order valence-electron chi connectivity index (χ2n) is 21.7. The Morgan fingerprint density at radius 2 is 0.304 bits per heavy atom. The zero-order valence-electron chi connectivity index (χ0n) is 48.7. The number of aromatic amines is 2. The molecule has 4 aliphatic heterocycles. The van der Waals surface area contributed by atoms with Gasteiger partial charge in [0.15, 0.2) is 140 Å². The molecule has 0 fully saturated rings. The second kappa shape index (κ2) is 24.5. The molecule has 7 heterocycles. The lowest BCUT2D eigenvalue weighted by Gasteiger charge is -2.13. The maximum Gasteiger partial charge on any atom is 0.200 e. The van der Waals surface area contributed by atoms with Gasteiger partial charge in [-0.25, -0.2) is 147 Å². The first-order valence-corrected chi connectivity index (χ1v) is 27.7. The van der Waals surface area contributed by atoms with Crippen molar-refractivity contribution < 1.29 is 127 Å². The number of aromatic nitrogens is 6. The average molecular weight is 1460 g/mol. The topological polar surface area (TPSA) is 83.1 Å². The Morgan fingerprint density at radius 3 is 0.500 bits per heavy atom. The van der Waals surface area contributed by atoms with Crippen molar-refractivity contribution in [2.45, 2.75) is 6.92 Å². The van der Waals surface area contributed by atoms with E-state index in [9.17, 15) is 22.0 Å². The molecule has 6 nitrogen and oxygen atoms in total. The van der Waals surface area contributed by atoms with Crippen molar-refractivity contribution in [3.05, 3.63) is 244 Å². The summed E-state index contributed by atoms with van der Waals surface area (Å²) in [4.78, 5) is 20.2. The Labute approximate surface area is 544 Å². The average Bonchev–Trinajstić information content (AvgIpc) is 1.54. The van der Waals surface area contributed by atoms with Gasteiger partial charge >= 0.3 is 0 Å². The smallest absolute Gasteiger partial charge is 0.200 e. The molecule has 0 saturated heterocycles. The van der Waals surface area contributed by atoms with Crippen molar-refractivity contribution in [2.75, 3.05) is 0 Å². The molecule has 0 atom stereocenters. The number of fused-ring (bicyclic) bond motifs is 12. The van der Waals surface area contributed by atoms with E-state index in [4.69, 9.17) is 0 Å². The van der Waals surface area contributed by atoms with Crippen LogP contribution in [0, 0.1) is 176 Å². The highest BCUT2D eigenvalue weighted by atomic mass is 19.2. The molecule has 518 valence electrons. The van der Waals surface area contributed by atoms with E-state index in [1.807, 2.05) is 0 Å². The zero-order chi connectivity index (χ0) is 73.9. The minimum Gasteiger partial charge on any atom is -0.354 e. The number of benzene rings is 6. The van der Waals surface area contributed by atoms with E-state index in [1.165, 1.54) is 0 Å². The quantitative estimate of drug-likeness (QED) is 0.0987. The normalized spacial score (nSPS) is 12.5. The van der Waals surface area contributed by atoms with Gasteiger partial charge in [-0.05, 0) is 85.4 Å². The van der Waals surface area contributed by atoms with E-state index in [2.05, 4.69) is 29.9 Å². The van der Waals surface area contributed by atoms with Crippen LogP contribution in [-0.2, 0) is 0 Å². The molecule has 13 rings (SSSR count). The molecule has 4 aliphatic rings. The second-order valence-corrected chi connectivity index (χ2v) is 21.7. The van der Waals surface area contributed by atoms with Gasteiger partial charge in [-0.2, -0.15) is 0 Å². The maximum absolute atomic E-state index is 16.7. The Morgan fingerprint density at radius 1 is 0.167 bits per heavy atom. The third-order valence-electron chi connectivity index (χ3n) is 16.1. The minimum atomic E-state index is -2.91. The van der Waals surface area contributed by atoms with Crippen LogP contribution in [0.5, 0.6) is 0 Å². The molecular weight excluding hydrogens is 1440 g/mol. The van der Waals surface area contributed by atoms with E-state index in [0.29, 0.717) is 79.8 Å². The van der Waals surface area contributed by atoms with Gasteiger partial charge in [-0.1, -0.05) is 0 Å². The van der Waals surface area contributed by atoms with E-state index < -0.39 is 309 Å². The van der Waals surface area contributed by atoms with Crippen LogP contribution in [0.25, 0.3) is 137 Å². The van der Waals surface area contributed by atoms with E-state index in [1.54, 1.807) is 0 Å². The van der Waals surface area contributed by atoms with Crippen LogP contribution >= 0.6 is 0 Å². The molecule has 102 heavy (non-hydrogen) atoms. The van der Waals surface area contributed by atoms with Crippen LogP contribution in [0.4, 0.5) is 127 Å². The maximum atomic E-state index is 16.7. The number of nitrogens with zero attached hydrogens (tertiary/aromatic N) is 4. The summed E-state index contributed by atoms with van der Waals surface area (Å²) in [6.45, 7) is 0.527. The van der Waals surface area contributed by atoms with Crippen LogP contribution < -0.4 is 0 Å². The first kappa shape index (κ1) is 68.7. The first-order valence-electron chi connectivity index (χ1n) is 27.7. The number of halogens is 29. The van der Waals surface area contributed by atoms with Crippen LogP contribution in [0.15, 0.2) is 24.3 Å². The van der Waals surface area contributed by atoms with E-state index in [-0.39, 0.29) is 0 Å². The highest BCUT2D eigenvalue weighted by Gasteiger charge is 2.38. The fourth-order valence-electron chi connectivity index (χ4n) is 11.5. The number of H-pyrrole nitrogens is 2. The summed E-state index contributed by atoms with van der Waals surface area (Å²) in [6, 6.07) is 1.89. The molecule has 2 N–H and O–H groups in total. The number of hydrogen-bond acceptors (Lipinski definition) is 4. The number of hydrogen-bond donors (Lipinski definition) is 2. The van der Waals surface area contributed by atoms with Gasteiger partial charge in [0.05, 0.1) is 73.4 Å². The summed E-state index contributed by atoms with van der Waals surface area (Å²) >= 11 is 0. The first-order chi connectivity index (χ1) is 48.1. The molecular formula is C67H17F29N6. The number of rotatable bonds is 6. The number of nitrogens with one attached hydrogen (secondary N) is 2. The summed E-state index contributed by atoms with van der Waals surface area (Å²) in [6.07, 6.45) is 3.37. The molecule has 6 aromatic carbocycles. The van der Waals surface area contributed by atoms with Crippen LogP contribution in [-0.4, -0.2) is 29.9 Å². The summed E-state index contributed by atoms with van der Waals surface area (Å²) in [5.74, 6) is -80.9.